The average molecular weight is 392 g/mol. The Hall–Kier alpha value is -3.61. The van der Waals surface area contributed by atoms with Crippen LogP contribution in [-0.2, 0) is 6.42 Å². The van der Waals surface area contributed by atoms with Crippen LogP contribution in [0.15, 0.2) is 60.9 Å². The lowest BCUT2D eigenvalue weighted by Crippen LogP contribution is -2.26. The van der Waals surface area contributed by atoms with Crippen molar-refractivity contribution in [2.75, 3.05) is 25.6 Å². The predicted molar refractivity (Wildman–Crippen MR) is 112 cm³/mol. The number of benzene rings is 2. The first-order chi connectivity index (χ1) is 14.2. The summed E-state index contributed by atoms with van der Waals surface area (Å²) in [6, 6.07) is 16.9. The number of carbonyl (C=O) groups is 1. The van der Waals surface area contributed by atoms with E-state index in [-0.39, 0.29) is 5.91 Å². The molecule has 0 aliphatic rings. The molecular formula is C22H24N4O3. The maximum absolute atomic E-state index is 12.4. The van der Waals surface area contributed by atoms with Gasteiger partial charge >= 0.3 is 0 Å². The van der Waals surface area contributed by atoms with Crippen LogP contribution in [0.25, 0.3) is 0 Å². The number of rotatable bonds is 9. The highest BCUT2D eigenvalue weighted by molar-refractivity contribution is 5.92. The zero-order valence-electron chi connectivity index (χ0n) is 16.5. The molecule has 29 heavy (non-hydrogen) atoms. The van der Waals surface area contributed by atoms with Gasteiger partial charge in [0.15, 0.2) is 0 Å². The molecule has 7 nitrogen and oxygen atoms in total. The van der Waals surface area contributed by atoms with Gasteiger partial charge in [-0.25, -0.2) is 9.97 Å². The second-order valence-electron chi connectivity index (χ2n) is 6.23. The number of amides is 1. The molecule has 0 saturated heterocycles. The molecule has 1 amide bonds. The van der Waals surface area contributed by atoms with Gasteiger partial charge in [-0.3, -0.25) is 4.79 Å². The van der Waals surface area contributed by atoms with Gasteiger partial charge < -0.3 is 20.1 Å². The van der Waals surface area contributed by atoms with Gasteiger partial charge in [0.25, 0.3) is 5.91 Å². The van der Waals surface area contributed by atoms with E-state index in [0.717, 1.165) is 22.7 Å². The first-order valence-corrected chi connectivity index (χ1v) is 9.41. The molecule has 0 aliphatic heterocycles. The van der Waals surface area contributed by atoms with Crippen LogP contribution in [0.2, 0.25) is 0 Å². The van der Waals surface area contributed by atoms with Crippen LogP contribution in [0.5, 0.6) is 11.5 Å². The first-order valence-electron chi connectivity index (χ1n) is 9.41. The van der Waals surface area contributed by atoms with Gasteiger partial charge in [0, 0.05) is 18.3 Å². The number of carbonyl (C=O) groups excluding carboxylic acids is 1. The van der Waals surface area contributed by atoms with E-state index in [1.54, 1.807) is 13.2 Å². The molecule has 3 aromatic rings. The molecule has 7 heteroatoms. The number of nitrogens with zero attached hydrogens (tertiary/aromatic N) is 2. The standard InChI is InChI=1S/C22H24N4O3/c1-3-29-18-9-7-17(8-10-18)26-21-14-20(24-15-25-21)22(27)23-12-11-16-5-4-6-19(13-16)28-2/h4-10,13-15H,3,11-12H2,1-2H3,(H,23,27)(H,24,25,26). The van der Waals surface area contributed by atoms with E-state index in [1.165, 1.54) is 6.33 Å². The number of ether oxygens (including phenoxy) is 2. The first kappa shape index (κ1) is 20.1. The van der Waals surface area contributed by atoms with Gasteiger partial charge in [-0.1, -0.05) is 12.1 Å². The van der Waals surface area contributed by atoms with Gasteiger partial charge in [-0.15, -0.1) is 0 Å². The number of aromatic nitrogens is 2. The fourth-order valence-corrected chi connectivity index (χ4v) is 2.74. The quantitative estimate of drug-likeness (QED) is 0.579. The third kappa shape index (κ3) is 5.93. The van der Waals surface area contributed by atoms with Crippen molar-refractivity contribution in [3.8, 4) is 11.5 Å². The topological polar surface area (TPSA) is 85.4 Å². The van der Waals surface area contributed by atoms with E-state index in [9.17, 15) is 4.79 Å². The Morgan fingerprint density at radius 3 is 2.62 bits per heavy atom. The molecule has 0 fully saturated rings. The molecule has 0 radical (unpaired) electrons. The Morgan fingerprint density at radius 2 is 1.86 bits per heavy atom. The van der Waals surface area contributed by atoms with E-state index < -0.39 is 0 Å². The number of methoxy groups -OCH3 is 1. The van der Waals surface area contributed by atoms with E-state index in [1.807, 2.05) is 55.5 Å². The average Bonchev–Trinajstić information content (AvgIpc) is 2.75. The molecule has 1 aromatic heterocycles. The second-order valence-corrected chi connectivity index (χ2v) is 6.23. The summed E-state index contributed by atoms with van der Waals surface area (Å²) >= 11 is 0. The minimum Gasteiger partial charge on any atom is -0.497 e. The SMILES string of the molecule is CCOc1ccc(Nc2cc(C(=O)NCCc3cccc(OC)c3)ncn2)cc1. The predicted octanol–water partition coefficient (Wildman–Crippen LogP) is 3.60. The Morgan fingerprint density at radius 1 is 1.03 bits per heavy atom. The molecule has 1 heterocycles. The highest BCUT2D eigenvalue weighted by Crippen LogP contribution is 2.19. The summed E-state index contributed by atoms with van der Waals surface area (Å²) in [5, 5.41) is 6.05. The zero-order chi connectivity index (χ0) is 20.5. The maximum atomic E-state index is 12.4. The van der Waals surface area contributed by atoms with E-state index in [4.69, 9.17) is 9.47 Å². The summed E-state index contributed by atoms with van der Waals surface area (Å²) in [5.74, 6) is 1.90. The number of hydrogen-bond donors (Lipinski definition) is 2. The van der Waals surface area contributed by atoms with E-state index >= 15 is 0 Å². The third-order valence-corrected chi connectivity index (χ3v) is 4.17. The summed E-state index contributed by atoms with van der Waals surface area (Å²) in [6.45, 7) is 3.06. The van der Waals surface area contributed by atoms with Gasteiger partial charge in [-0.05, 0) is 55.3 Å². The van der Waals surface area contributed by atoms with Crippen molar-refractivity contribution in [3.63, 3.8) is 0 Å². The van der Waals surface area contributed by atoms with Crippen LogP contribution in [-0.4, -0.2) is 36.1 Å². The van der Waals surface area contributed by atoms with Crippen molar-refractivity contribution >= 4 is 17.4 Å². The minimum atomic E-state index is -0.245. The lowest BCUT2D eigenvalue weighted by atomic mass is 10.1. The summed E-state index contributed by atoms with van der Waals surface area (Å²) in [7, 11) is 1.63. The zero-order valence-corrected chi connectivity index (χ0v) is 16.5. The molecule has 2 aromatic carbocycles. The smallest absolute Gasteiger partial charge is 0.270 e. The lowest BCUT2D eigenvalue weighted by molar-refractivity contribution is 0.0949. The Balaban J connectivity index is 1.55. The van der Waals surface area contributed by atoms with Crippen molar-refractivity contribution in [2.24, 2.45) is 0 Å². The van der Waals surface area contributed by atoms with Gasteiger partial charge in [0.1, 0.15) is 29.3 Å². The Bertz CT molecular complexity index is 945. The summed E-state index contributed by atoms with van der Waals surface area (Å²) in [6.07, 6.45) is 2.07. The summed E-state index contributed by atoms with van der Waals surface area (Å²) in [4.78, 5) is 20.7. The maximum Gasteiger partial charge on any atom is 0.270 e. The number of anilines is 2. The van der Waals surface area contributed by atoms with Crippen LogP contribution in [0.4, 0.5) is 11.5 Å². The van der Waals surface area contributed by atoms with Crippen LogP contribution in [0.1, 0.15) is 23.0 Å². The van der Waals surface area contributed by atoms with Gasteiger partial charge in [0.2, 0.25) is 0 Å². The summed E-state index contributed by atoms with van der Waals surface area (Å²) < 4.78 is 10.6. The highest BCUT2D eigenvalue weighted by Gasteiger charge is 2.09. The monoisotopic (exact) mass is 392 g/mol. The van der Waals surface area contributed by atoms with Crippen molar-refractivity contribution < 1.29 is 14.3 Å². The van der Waals surface area contributed by atoms with Crippen LogP contribution in [0.3, 0.4) is 0 Å². The molecule has 0 bridgehead atoms. The molecule has 0 saturated carbocycles. The van der Waals surface area contributed by atoms with Crippen LogP contribution in [0, 0.1) is 0 Å². The molecule has 0 unspecified atom stereocenters. The van der Waals surface area contributed by atoms with Crippen molar-refractivity contribution in [2.45, 2.75) is 13.3 Å². The largest absolute Gasteiger partial charge is 0.497 e. The van der Waals surface area contributed by atoms with E-state index in [0.29, 0.717) is 31.1 Å². The minimum absolute atomic E-state index is 0.245. The normalized spacial score (nSPS) is 10.3. The highest BCUT2D eigenvalue weighted by atomic mass is 16.5. The molecule has 0 aliphatic carbocycles. The van der Waals surface area contributed by atoms with Crippen molar-refractivity contribution in [1.29, 1.82) is 0 Å². The molecule has 150 valence electrons. The lowest BCUT2D eigenvalue weighted by Gasteiger charge is -2.09. The Kier molecular flexibility index (Phi) is 7.00. The van der Waals surface area contributed by atoms with Gasteiger partial charge in [-0.2, -0.15) is 0 Å². The second kappa shape index (κ2) is 10.1. The fraction of sp³-hybridized carbons (Fsp3) is 0.227. The molecule has 3 rings (SSSR count). The van der Waals surface area contributed by atoms with Crippen LogP contribution >= 0.6 is 0 Å². The van der Waals surface area contributed by atoms with E-state index in [2.05, 4.69) is 20.6 Å². The number of hydrogen-bond acceptors (Lipinski definition) is 6. The molecule has 0 spiro atoms. The van der Waals surface area contributed by atoms with Crippen molar-refractivity contribution in [3.05, 3.63) is 72.2 Å². The fourth-order valence-electron chi connectivity index (χ4n) is 2.74. The number of nitrogens with one attached hydrogen (secondary N) is 2. The molecule has 0 atom stereocenters. The van der Waals surface area contributed by atoms with Crippen LogP contribution < -0.4 is 20.1 Å². The third-order valence-electron chi connectivity index (χ3n) is 4.17. The summed E-state index contributed by atoms with van der Waals surface area (Å²) in [5.41, 5.74) is 2.24. The van der Waals surface area contributed by atoms with Gasteiger partial charge in [0.05, 0.1) is 13.7 Å². The van der Waals surface area contributed by atoms with Crippen molar-refractivity contribution in [1.82, 2.24) is 15.3 Å². The molecular weight excluding hydrogens is 368 g/mol. The molecule has 2 N–H and O–H groups in total. The Labute approximate surface area is 170 Å².